The smallest absolute Gasteiger partial charge is 0.302 e. The van der Waals surface area contributed by atoms with E-state index in [0.717, 1.165) is 0 Å². The lowest BCUT2D eigenvalue weighted by molar-refractivity contribution is -0.142. The number of esters is 1. The van der Waals surface area contributed by atoms with Gasteiger partial charge in [-0.2, -0.15) is 0 Å². The van der Waals surface area contributed by atoms with Crippen LogP contribution in [0.2, 0.25) is 0 Å². The molecular formula is C10H9BO3. The van der Waals surface area contributed by atoms with E-state index in [1.54, 1.807) is 18.2 Å². The highest BCUT2D eigenvalue weighted by atomic mass is 16.5. The zero-order valence-electron chi connectivity index (χ0n) is 7.82. The Balaban J connectivity index is 2.81. The summed E-state index contributed by atoms with van der Waals surface area (Å²) in [6.07, 6.45) is 0.702. The molecule has 0 atom stereocenters. The van der Waals surface area contributed by atoms with Crippen LogP contribution in [0.4, 0.5) is 0 Å². The zero-order chi connectivity index (χ0) is 10.6. The first-order valence-corrected chi connectivity index (χ1v) is 4.10. The number of rotatable bonds is 3. The van der Waals surface area contributed by atoms with Crippen molar-refractivity contribution in [1.82, 2.24) is 0 Å². The lowest BCUT2D eigenvalue weighted by Gasteiger charge is -2.04. The summed E-state index contributed by atoms with van der Waals surface area (Å²) in [5, 5.41) is 0. The lowest BCUT2D eigenvalue weighted by atomic mass is 9.92. The van der Waals surface area contributed by atoms with Crippen molar-refractivity contribution in [2.45, 2.75) is 13.5 Å². The highest BCUT2D eigenvalue weighted by molar-refractivity contribution is 6.32. The minimum Gasteiger partial charge on any atom is -0.461 e. The van der Waals surface area contributed by atoms with Gasteiger partial charge in [-0.05, 0) is 11.6 Å². The summed E-state index contributed by atoms with van der Waals surface area (Å²) < 4.78 is 4.77. The second-order valence-corrected chi connectivity index (χ2v) is 2.91. The van der Waals surface area contributed by atoms with Crippen LogP contribution in [-0.2, 0) is 16.1 Å². The van der Waals surface area contributed by atoms with Crippen LogP contribution < -0.4 is 5.46 Å². The molecule has 0 unspecified atom stereocenters. The molecule has 0 fully saturated rings. The first-order chi connectivity index (χ1) is 6.61. The third kappa shape index (κ3) is 3.05. The molecule has 0 saturated heterocycles. The minimum absolute atomic E-state index is 0.140. The van der Waals surface area contributed by atoms with E-state index < -0.39 is 0 Å². The third-order valence-corrected chi connectivity index (χ3v) is 1.62. The molecule has 3 nitrogen and oxygen atoms in total. The summed E-state index contributed by atoms with van der Waals surface area (Å²) in [5.41, 5.74) is 1.67. The van der Waals surface area contributed by atoms with E-state index in [-0.39, 0.29) is 12.6 Å². The maximum Gasteiger partial charge on any atom is 0.302 e. The van der Waals surface area contributed by atoms with Crippen LogP contribution in [0.3, 0.4) is 0 Å². The van der Waals surface area contributed by atoms with Crippen LogP contribution >= 0.6 is 0 Å². The van der Waals surface area contributed by atoms with Gasteiger partial charge in [0.25, 0.3) is 0 Å². The zero-order valence-corrected chi connectivity index (χ0v) is 7.82. The second kappa shape index (κ2) is 4.60. The molecule has 0 aliphatic carbocycles. The number of carbonyl (C=O) groups excluding carboxylic acids is 2. The average molecular weight is 188 g/mol. The summed E-state index contributed by atoms with van der Waals surface area (Å²) in [7, 11) is 5.54. The third-order valence-electron chi connectivity index (χ3n) is 1.62. The first kappa shape index (κ1) is 10.5. The predicted octanol–water partition coefficient (Wildman–Crippen LogP) is 0.356. The van der Waals surface area contributed by atoms with E-state index in [1.807, 2.05) is 0 Å². The first-order valence-electron chi connectivity index (χ1n) is 4.10. The molecule has 70 valence electrons. The minimum atomic E-state index is -0.361. The number of aldehydes is 1. The molecule has 0 spiro atoms. The van der Waals surface area contributed by atoms with Crippen molar-refractivity contribution in [1.29, 1.82) is 0 Å². The number of carbonyl (C=O) groups is 2. The molecule has 14 heavy (non-hydrogen) atoms. The Hall–Kier alpha value is -1.58. The molecule has 0 amide bonds. The van der Waals surface area contributed by atoms with Crippen molar-refractivity contribution in [3.8, 4) is 0 Å². The Morgan fingerprint density at radius 1 is 1.50 bits per heavy atom. The van der Waals surface area contributed by atoms with E-state index >= 15 is 0 Å². The summed E-state index contributed by atoms with van der Waals surface area (Å²) in [6, 6.07) is 4.85. The summed E-state index contributed by atoms with van der Waals surface area (Å²) >= 11 is 0. The highest BCUT2D eigenvalue weighted by Crippen LogP contribution is 2.03. The van der Waals surface area contributed by atoms with Gasteiger partial charge in [-0.1, -0.05) is 17.6 Å². The van der Waals surface area contributed by atoms with Gasteiger partial charge in [-0.25, -0.2) is 0 Å². The number of ether oxygens (including phenoxy) is 1. The van der Waals surface area contributed by atoms with Gasteiger partial charge in [0.05, 0.1) is 0 Å². The van der Waals surface area contributed by atoms with Gasteiger partial charge in [-0.3, -0.25) is 9.59 Å². The average Bonchev–Trinajstić information content (AvgIpc) is 2.14. The van der Waals surface area contributed by atoms with Crippen molar-refractivity contribution < 1.29 is 14.3 Å². The van der Waals surface area contributed by atoms with Gasteiger partial charge in [0.15, 0.2) is 0 Å². The quantitative estimate of drug-likeness (QED) is 0.390. The molecule has 2 radical (unpaired) electrons. The molecular weight excluding hydrogens is 179 g/mol. The maximum atomic E-state index is 10.5. The lowest BCUT2D eigenvalue weighted by Crippen LogP contribution is -2.07. The number of benzene rings is 1. The molecule has 0 N–H and O–H groups in total. The second-order valence-electron chi connectivity index (χ2n) is 2.91. The molecule has 0 aromatic heterocycles. The molecule has 0 aliphatic heterocycles. The van der Waals surface area contributed by atoms with Crippen LogP contribution in [0, 0.1) is 0 Å². The molecule has 1 aromatic rings. The van der Waals surface area contributed by atoms with Crippen LogP contribution in [0.1, 0.15) is 22.8 Å². The van der Waals surface area contributed by atoms with Crippen LogP contribution in [0.15, 0.2) is 18.2 Å². The molecule has 0 saturated carbocycles. The Kier molecular flexibility index (Phi) is 3.45. The van der Waals surface area contributed by atoms with E-state index in [0.29, 0.717) is 22.9 Å². The van der Waals surface area contributed by atoms with Gasteiger partial charge in [0.2, 0.25) is 0 Å². The Bertz CT molecular complexity index is 360. The van der Waals surface area contributed by atoms with Crippen LogP contribution in [0.25, 0.3) is 0 Å². The van der Waals surface area contributed by atoms with Crippen molar-refractivity contribution in [2.75, 3.05) is 0 Å². The van der Waals surface area contributed by atoms with E-state index in [2.05, 4.69) is 0 Å². The molecule has 0 bridgehead atoms. The SMILES string of the molecule is [B]c1cc(C=O)cc(COC(C)=O)c1. The van der Waals surface area contributed by atoms with E-state index in [1.165, 1.54) is 6.92 Å². The fraction of sp³-hybridized carbons (Fsp3) is 0.200. The molecule has 0 aliphatic rings. The van der Waals surface area contributed by atoms with Crippen LogP contribution in [-0.4, -0.2) is 20.1 Å². The van der Waals surface area contributed by atoms with Gasteiger partial charge in [-0.15, -0.1) is 0 Å². The monoisotopic (exact) mass is 188 g/mol. The van der Waals surface area contributed by atoms with Crippen molar-refractivity contribution in [3.05, 3.63) is 29.3 Å². The Morgan fingerprint density at radius 2 is 2.21 bits per heavy atom. The van der Waals surface area contributed by atoms with Crippen molar-refractivity contribution in [3.63, 3.8) is 0 Å². The largest absolute Gasteiger partial charge is 0.461 e. The highest BCUT2D eigenvalue weighted by Gasteiger charge is 1.99. The Labute approximate surface area is 83.5 Å². The van der Waals surface area contributed by atoms with Gasteiger partial charge >= 0.3 is 5.97 Å². The maximum absolute atomic E-state index is 10.5. The fourth-order valence-corrected chi connectivity index (χ4v) is 1.08. The predicted molar refractivity (Wildman–Crippen MR) is 52.7 cm³/mol. The topological polar surface area (TPSA) is 43.4 Å². The van der Waals surface area contributed by atoms with Gasteiger partial charge < -0.3 is 4.74 Å². The molecule has 4 heteroatoms. The van der Waals surface area contributed by atoms with Crippen molar-refractivity contribution in [2.24, 2.45) is 0 Å². The van der Waals surface area contributed by atoms with Crippen LogP contribution in [0.5, 0.6) is 0 Å². The Morgan fingerprint density at radius 3 is 2.79 bits per heavy atom. The van der Waals surface area contributed by atoms with Crippen molar-refractivity contribution >= 4 is 25.6 Å². The number of hydrogen-bond donors (Lipinski definition) is 0. The summed E-state index contributed by atoms with van der Waals surface area (Å²) in [6.45, 7) is 1.47. The summed E-state index contributed by atoms with van der Waals surface area (Å²) in [5.74, 6) is -0.361. The molecule has 1 rings (SSSR count). The summed E-state index contributed by atoms with van der Waals surface area (Å²) in [4.78, 5) is 21.0. The van der Waals surface area contributed by atoms with E-state index in [4.69, 9.17) is 12.6 Å². The van der Waals surface area contributed by atoms with Gasteiger partial charge in [0, 0.05) is 12.5 Å². The number of hydrogen-bond acceptors (Lipinski definition) is 3. The van der Waals surface area contributed by atoms with E-state index in [9.17, 15) is 9.59 Å². The normalized spacial score (nSPS) is 9.50. The van der Waals surface area contributed by atoms with Gasteiger partial charge in [0.1, 0.15) is 20.7 Å². The standard InChI is InChI=1S/C10H9BO3/c1-7(13)14-6-9-2-8(5-12)3-10(11)4-9/h2-5H,6H2,1H3. The molecule has 1 aromatic carbocycles. The molecule has 0 heterocycles. The fourth-order valence-electron chi connectivity index (χ4n) is 1.08.